The van der Waals surface area contributed by atoms with E-state index in [9.17, 15) is 4.79 Å². The van der Waals surface area contributed by atoms with Crippen LogP contribution in [0, 0.1) is 6.92 Å². The fourth-order valence-corrected chi connectivity index (χ4v) is 2.41. The molecule has 116 valence electrons. The number of furan rings is 1. The van der Waals surface area contributed by atoms with E-state index in [1.54, 1.807) is 18.3 Å². The number of hydrogen-bond acceptors (Lipinski definition) is 6. The summed E-state index contributed by atoms with van der Waals surface area (Å²) >= 11 is 0. The Kier molecular flexibility index (Phi) is 2.90. The maximum absolute atomic E-state index is 11.6. The first-order chi connectivity index (χ1) is 11.2. The normalized spacial score (nSPS) is 11.4. The molecule has 0 radical (unpaired) electrons. The van der Waals surface area contributed by atoms with Crippen LogP contribution in [0.25, 0.3) is 28.7 Å². The Bertz CT molecular complexity index is 1050. The van der Waals surface area contributed by atoms with Crippen molar-refractivity contribution in [3.63, 3.8) is 0 Å². The summed E-state index contributed by atoms with van der Waals surface area (Å²) in [4.78, 5) is 16.0. The Morgan fingerprint density at radius 1 is 1.35 bits per heavy atom. The molecule has 8 nitrogen and oxygen atoms in total. The van der Waals surface area contributed by atoms with Crippen LogP contribution in [-0.4, -0.2) is 24.7 Å². The van der Waals surface area contributed by atoms with Gasteiger partial charge in [-0.05, 0) is 25.1 Å². The largest absolute Gasteiger partial charge is 0.456 e. The Morgan fingerprint density at radius 2 is 2.22 bits per heavy atom. The van der Waals surface area contributed by atoms with E-state index in [1.807, 2.05) is 19.9 Å². The fourth-order valence-electron chi connectivity index (χ4n) is 2.41. The number of fused-ring (bicyclic) bond motifs is 1. The maximum Gasteiger partial charge on any atom is 0.347 e. The Hall–Kier alpha value is -3.16. The first-order valence-electron chi connectivity index (χ1n) is 7.16. The van der Waals surface area contributed by atoms with Crippen LogP contribution in [0.5, 0.6) is 0 Å². The maximum atomic E-state index is 11.6. The summed E-state index contributed by atoms with van der Waals surface area (Å²) in [6.07, 6.45) is 2.41. The number of pyridine rings is 1. The fraction of sp³-hybridized carbons (Fsp3) is 0.200. The van der Waals surface area contributed by atoms with Gasteiger partial charge in [0.05, 0.1) is 0 Å². The second-order valence-corrected chi connectivity index (χ2v) is 5.18. The van der Waals surface area contributed by atoms with Gasteiger partial charge in [-0.15, -0.1) is 0 Å². The summed E-state index contributed by atoms with van der Waals surface area (Å²) in [5.41, 5.74) is 1.80. The van der Waals surface area contributed by atoms with Gasteiger partial charge in [-0.2, -0.15) is 10.1 Å². The number of rotatable bonds is 3. The zero-order chi connectivity index (χ0) is 16.0. The lowest BCUT2D eigenvalue weighted by molar-refractivity contribution is 0.412. The zero-order valence-electron chi connectivity index (χ0n) is 12.5. The highest BCUT2D eigenvalue weighted by molar-refractivity contribution is 5.60. The van der Waals surface area contributed by atoms with Crippen molar-refractivity contribution in [3.05, 3.63) is 46.2 Å². The molecule has 0 aliphatic rings. The highest BCUT2D eigenvalue weighted by Gasteiger charge is 2.17. The average molecular weight is 311 g/mol. The van der Waals surface area contributed by atoms with E-state index in [4.69, 9.17) is 8.94 Å². The summed E-state index contributed by atoms with van der Waals surface area (Å²) in [5.74, 6) is 2.13. The van der Waals surface area contributed by atoms with Crippen LogP contribution in [-0.2, 0) is 6.42 Å². The molecule has 4 heterocycles. The van der Waals surface area contributed by atoms with Gasteiger partial charge in [0, 0.05) is 23.7 Å². The molecule has 0 aromatic carbocycles. The van der Waals surface area contributed by atoms with Gasteiger partial charge in [0.1, 0.15) is 5.76 Å². The smallest absolute Gasteiger partial charge is 0.347 e. The Labute approximate surface area is 129 Å². The molecule has 0 atom stereocenters. The van der Waals surface area contributed by atoms with Crippen LogP contribution in [0.4, 0.5) is 0 Å². The van der Waals surface area contributed by atoms with Crippen molar-refractivity contribution in [1.82, 2.24) is 24.7 Å². The van der Waals surface area contributed by atoms with Crippen LogP contribution in [0.3, 0.4) is 0 Å². The van der Waals surface area contributed by atoms with Crippen LogP contribution >= 0.6 is 0 Å². The zero-order valence-corrected chi connectivity index (χ0v) is 12.5. The summed E-state index contributed by atoms with van der Waals surface area (Å²) < 4.78 is 12.4. The quantitative estimate of drug-likeness (QED) is 0.622. The molecule has 0 unspecified atom stereocenters. The molecule has 8 heteroatoms. The van der Waals surface area contributed by atoms with Crippen molar-refractivity contribution in [1.29, 1.82) is 0 Å². The third kappa shape index (κ3) is 2.15. The van der Waals surface area contributed by atoms with Gasteiger partial charge >= 0.3 is 5.69 Å². The van der Waals surface area contributed by atoms with E-state index >= 15 is 0 Å². The lowest BCUT2D eigenvalue weighted by atomic mass is 10.2. The molecule has 0 spiro atoms. The van der Waals surface area contributed by atoms with Gasteiger partial charge in [0.2, 0.25) is 5.82 Å². The highest BCUT2D eigenvalue weighted by Crippen LogP contribution is 2.27. The molecule has 0 saturated heterocycles. The third-order valence-electron chi connectivity index (χ3n) is 3.61. The van der Waals surface area contributed by atoms with Gasteiger partial charge < -0.3 is 8.94 Å². The van der Waals surface area contributed by atoms with Gasteiger partial charge in [0.15, 0.2) is 11.4 Å². The molecular formula is C15H13N5O3. The van der Waals surface area contributed by atoms with E-state index in [-0.39, 0.29) is 5.69 Å². The number of aromatic amines is 1. The van der Waals surface area contributed by atoms with Crippen LogP contribution in [0.2, 0.25) is 0 Å². The minimum absolute atomic E-state index is 0.317. The standard InChI is InChI=1S/C15H13N5O3/c1-3-10-6-8(2)12(22-10)14-16-13(19-23-14)9-4-5-11-17-18-15(21)20(11)7-9/h4-7H,3H2,1-2H3,(H,18,21). The molecule has 0 amide bonds. The highest BCUT2D eigenvalue weighted by atomic mass is 16.5. The summed E-state index contributed by atoms with van der Waals surface area (Å²) in [6, 6.07) is 5.43. The minimum atomic E-state index is -0.319. The molecule has 0 bridgehead atoms. The van der Waals surface area contributed by atoms with Crippen LogP contribution in [0.15, 0.2) is 38.1 Å². The summed E-state index contributed by atoms with van der Waals surface area (Å²) in [6.45, 7) is 3.94. The lowest BCUT2D eigenvalue weighted by Crippen LogP contribution is -2.08. The average Bonchev–Trinajstić information content (AvgIpc) is 3.26. The molecule has 0 aliphatic heterocycles. The van der Waals surface area contributed by atoms with E-state index < -0.39 is 0 Å². The molecule has 23 heavy (non-hydrogen) atoms. The molecule has 4 aromatic heterocycles. The monoisotopic (exact) mass is 311 g/mol. The van der Waals surface area contributed by atoms with Gasteiger partial charge in [0.25, 0.3) is 5.89 Å². The second kappa shape index (κ2) is 4.94. The number of aromatic nitrogens is 5. The molecule has 4 aromatic rings. The van der Waals surface area contributed by atoms with Crippen LogP contribution < -0.4 is 5.69 Å². The van der Waals surface area contributed by atoms with Crippen molar-refractivity contribution in [2.24, 2.45) is 0 Å². The van der Waals surface area contributed by atoms with E-state index in [2.05, 4.69) is 20.3 Å². The second-order valence-electron chi connectivity index (χ2n) is 5.18. The number of hydrogen-bond donors (Lipinski definition) is 1. The number of H-pyrrole nitrogens is 1. The van der Waals surface area contributed by atoms with E-state index in [1.165, 1.54) is 4.40 Å². The van der Waals surface area contributed by atoms with Crippen molar-refractivity contribution in [2.75, 3.05) is 0 Å². The first-order valence-corrected chi connectivity index (χ1v) is 7.16. The van der Waals surface area contributed by atoms with Crippen molar-refractivity contribution in [3.8, 4) is 23.0 Å². The van der Waals surface area contributed by atoms with Gasteiger partial charge in [-0.25, -0.2) is 14.3 Å². The summed E-state index contributed by atoms with van der Waals surface area (Å²) in [5, 5.41) is 10.2. The molecule has 0 aliphatic carbocycles. The van der Waals surface area contributed by atoms with Crippen LogP contribution in [0.1, 0.15) is 18.2 Å². The SMILES string of the molecule is CCc1cc(C)c(-c2nc(-c3ccc4n[nH]c(=O)n4c3)no2)o1. The van der Waals surface area contributed by atoms with Crippen molar-refractivity contribution >= 4 is 5.65 Å². The van der Waals surface area contributed by atoms with E-state index in [0.29, 0.717) is 28.7 Å². The molecule has 0 saturated carbocycles. The predicted molar refractivity (Wildman–Crippen MR) is 80.9 cm³/mol. The van der Waals surface area contributed by atoms with Gasteiger partial charge in [-0.3, -0.25) is 0 Å². The Balaban J connectivity index is 1.77. The predicted octanol–water partition coefficient (Wildman–Crippen LogP) is 2.20. The molecular weight excluding hydrogens is 298 g/mol. The lowest BCUT2D eigenvalue weighted by Gasteiger charge is -1.94. The van der Waals surface area contributed by atoms with Crippen molar-refractivity contribution < 1.29 is 8.94 Å². The molecule has 4 rings (SSSR count). The molecule has 0 fully saturated rings. The van der Waals surface area contributed by atoms with Crippen molar-refractivity contribution in [2.45, 2.75) is 20.3 Å². The number of nitrogens with zero attached hydrogens (tertiary/aromatic N) is 4. The number of nitrogens with one attached hydrogen (secondary N) is 1. The third-order valence-corrected chi connectivity index (χ3v) is 3.61. The summed E-state index contributed by atoms with van der Waals surface area (Å²) in [7, 11) is 0. The van der Waals surface area contributed by atoms with Gasteiger partial charge in [-0.1, -0.05) is 12.1 Å². The topological polar surface area (TPSA) is 102 Å². The molecule has 1 N–H and O–H groups in total. The van der Waals surface area contributed by atoms with E-state index in [0.717, 1.165) is 17.7 Å². The number of aryl methyl sites for hydroxylation is 2. The Morgan fingerprint density at radius 3 is 3.00 bits per heavy atom. The first kappa shape index (κ1) is 13.5. The minimum Gasteiger partial charge on any atom is -0.456 e.